The van der Waals surface area contributed by atoms with Crippen molar-refractivity contribution in [3.05, 3.63) is 0 Å². The number of rotatable bonds is 5. The molecule has 6 heteroatoms. The lowest BCUT2D eigenvalue weighted by Gasteiger charge is -2.26. The van der Waals surface area contributed by atoms with Gasteiger partial charge in [0, 0.05) is 38.6 Å². The van der Waals surface area contributed by atoms with E-state index in [0.717, 1.165) is 32.4 Å². The molecule has 22 heavy (non-hydrogen) atoms. The van der Waals surface area contributed by atoms with Crippen molar-refractivity contribution in [1.82, 2.24) is 15.5 Å². The molecular formula is C16H29FN4O. The summed E-state index contributed by atoms with van der Waals surface area (Å²) in [6.07, 6.45) is 7.20. The van der Waals surface area contributed by atoms with Gasteiger partial charge in [0.15, 0.2) is 5.96 Å². The van der Waals surface area contributed by atoms with E-state index in [9.17, 15) is 9.18 Å². The van der Waals surface area contributed by atoms with Crippen molar-refractivity contribution in [1.29, 1.82) is 0 Å². The molecule has 0 aromatic carbocycles. The lowest BCUT2D eigenvalue weighted by molar-refractivity contribution is -0.135. The molecule has 126 valence electrons. The van der Waals surface area contributed by atoms with Crippen molar-refractivity contribution in [3.63, 3.8) is 0 Å². The number of aliphatic imine (C=N–C) groups is 1. The minimum absolute atomic E-state index is 0.240. The summed E-state index contributed by atoms with van der Waals surface area (Å²) >= 11 is 0. The molecule has 2 N–H and O–H groups in total. The van der Waals surface area contributed by atoms with Gasteiger partial charge in [-0.25, -0.2) is 0 Å². The Labute approximate surface area is 132 Å². The van der Waals surface area contributed by atoms with Crippen molar-refractivity contribution in [2.45, 2.75) is 51.0 Å². The van der Waals surface area contributed by atoms with Crippen LogP contribution in [0.3, 0.4) is 0 Å². The molecule has 2 aliphatic rings. The van der Waals surface area contributed by atoms with Crippen molar-refractivity contribution in [3.8, 4) is 0 Å². The highest BCUT2D eigenvalue weighted by atomic mass is 19.1. The van der Waals surface area contributed by atoms with Gasteiger partial charge in [-0.3, -0.25) is 14.2 Å². The van der Waals surface area contributed by atoms with E-state index in [4.69, 9.17) is 0 Å². The first-order chi connectivity index (χ1) is 10.7. The van der Waals surface area contributed by atoms with Crippen molar-refractivity contribution >= 4 is 11.9 Å². The number of nitrogens with one attached hydrogen (secondary N) is 2. The van der Waals surface area contributed by atoms with E-state index >= 15 is 0 Å². The summed E-state index contributed by atoms with van der Waals surface area (Å²) < 4.78 is 12.1. The molecule has 2 rings (SSSR count). The van der Waals surface area contributed by atoms with Crippen LogP contribution in [0.15, 0.2) is 4.99 Å². The molecule has 1 aliphatic carbocycles. The Morgan fingerprint density at radius 3 is 2.73 bits per heavy atom. The van der Waals surface area contributed by atoms with E-state index in [-0.39, 0.29) is 18.6 Å². The predicted molar refractivity (Wildman–Crippen MR) is 86.6 cm³/mol. The SMILES string of the molecule is CN=C(NCCCF)NC1CCN(C(=O)C2CCCCC2)C1. The van der Waals surface area contributed by atoms with Crippen LogP contribution in [0.2, 0.25) is 0 Å². The van der Waals surface area contributed by atoms with Crippen LogP contribution >= 0.6 is 0 Å². The lowest BCUT2D eigenvalue weighted by atomic mass is 9.88. The molecule has 0 aromatic heterocycles. The van der Waals surface area contributed by atoms with Gasteiger partial charge in [0.25, 0.3) is 0 Å². The molecule has 1 unspecified atom stereocenters. The molecule has 1 saturated heterocycles. The number of alkyl halides is 1. The second-order valence-corrected chi connectivity index (χ2v) is 6.29. The minimum atomic E-state index is -0.322. The zero-order chi connectivity index (χ0) is 15.8. The van der Waals surface area contributed by atoms with Gasteiger partial charge in [0.2, 0.25) is 5.91 Å². The number of carbonyl (C=O) groups excluding carboxylic acids is 1. The highest BCUT2D eigenvalue weighted by Gasteiger charge is 2.31. The van der Waals surface area contributed by atoms with Gasteiger partial charge in [-0.1, -0.05) is 19.3 Å². The third-order valence-electron chi connectivity index (χ3n) is 4.62. The Morgan fingerprint density at radius 2 is 2.05 bits per heavy atom. The highest BCUT2D eigenvalue weighted by molar-refractivity contribution is 5.81. The van der Waals surface area contributed by atoms with Gasteiger partial charge in [-0.15, -0.1) is 0 Å². The maximum absolute atomic E-state index is 12.5. The summed E-state index contributed by atoms with van der Waals surface area (Å²) in [7, 11) is 1.71. The number of hydrogen-bond donors (Lipinski definition) is 2. The fraction of sp³-hybridized carbons (Fsp3) is 0.875. The third kappa shape index (κ3) is 4.85. The largest absolute Gasteiger partial charge is 0.356 e. The zero-order valence-electron chi connectivity index (χ0n) is 13.6. The summed E-state index contributed by atoms with van der Waals surface area (Å²) in [5, 5.41) is 6.43. The maximum Gasteiger partial charge on any atom is 0.225 e. The molecule has 1 heterocycles. The van der Waals surface area contributed by atoms with Gasteiger partial charge < -0.3 is 15.5 Å². The van der Waals surface area contributed by atoms with Crippen molar-refractivity contribution in [2.75, 3.05) is 33.4 Å². The second-order valence-electron chi connectivity index (χ2n) is 6.29. The van der Waals surface area contributed by atoms with Gasteiger partial charge in [0.1, 0.15) is 0 Å². The Morgan fingerprint density at radius 1 is 1.27 bits per heavy atom. The fourth-order valence-electron chi connectivity index (χ4n) is 3.35. The molecule has 0 spiro atoms. The number of guanidine groups is 1. The molecule has 1 aliphatic heterocycles. The smallest absolute Gasteiger partial charge is 0.225 e. The summed E-state index contributed by atoms with van der Waals surface area (Å²) in [6, 6.07) is 0.240. The summed E-state index contributed by atoms with van der Waals surface area (Å²) in [5.74, 6) is 1.28. The van der Waals surface area contributed by atoms with E-state index in [1.807, 2.05) is 4.90 Å². The van der Waals surface area contributed by atoms with Crippen molar-refractivity contribution in [2.24, 2.45) is 10.9 Å². The first-order valence-corrected chi connectivity index (χ1v) is 8.56. The van der Waals surface area contributed by atoms with Gasteiger partial charge in [-0.2, -0.15) is 0 Å². The predicted octanol–water partition coefficient (Wildman–Crippen LogP) is 1.69. The molecule has 1 saturated carbocycles. The lowest BCUT2D eigenvalue weighted by Crippen LogP contribution is -2.45. The molecule has 0 aromatic rings. The quantitative estimate of drug-likeness (QED) is 0.461. The van der Waals surface area contributed by atoms with Gasteiger partial charge in [0.05, 0.1) is 6.67 Å². The van der Waals surface area contributed by atoms with E-state index in [0.29, 0.717) is 24.8 Å². The minimum Gasteiger partial charge on any atom is -0.356 e. The van der Waals surface area contributed by atoms with Gasteiger partial charge >= 0.3 is 0 Å². The Bertz CT molecular complexity index is 382. The Balaban J connectivity index is 1.75. The monoisotopic (exact) mass is 312 g/mol. The molecule has 0 bridgehead atoms. The van der Waals surface area contributed by atoms with Crippen LogP contribution in [0.25, 0.3) is 0 Å². The van der Waals surface area contributed by atoms with E-state index < -0.39 is 0 Å². The van der Waals surface area contributed by atoms with E-state index in [1.54, 1.807) is 7.05 Å². The van der Waals surface area contributed by atoms with Crippen LogP contribution < -0.4 is 10.6 Å². The number of likely N-dealkylation sites (tertiary alicyclic amines) is 1. The average Bonchev–Trinajstić information content (AvgIpc) is 3.02. The summed E-state index contributed by atoms with van der Waals surface area (Å²) in [4.78, 5) is 18.7. The van der Waals surface area contributed by atoms with Crippen LogP contribution in [-0.4, -0.2) is 56.2 Å². The number of carbonyl (C=O) groups is 1. The first-order valence-electron chi connectivity index (χ1n) is 8.56. The third-order valence-corrected chi connectivity index (χ3v) is 4.62. The zero-order valence-corrected chi connectivity index (χ0v) is 13.6. The van der Waals surface area contributed by atoms with Crippen LogP contribution in [0.5, 0.6) is 0 Å². The molecule has 5 nitrogen and oxygen atoms in total. The Kier molecular flexibility index (Phi) is 6.93. The van der Waals surface area contributed by atoms with E-state index in [2.05, 4.69) is 15.6 Å². The van der Waals surface area contributed by atoms with Gasteiger partial charge in [-0.05, 0) is 25.7 Å². The van der Waals surface area contributed by atoms with Crippen molar-refractivity contribution < 1.29 is 9.18 Å². The normalized spacial score (nSPS) is 23.6. The topological polar surface area (TPSA) is 56.7 Å². The number of nitrogens with zero attached hydrogens (tertiary/aromatic N) is 2. The molecule has 0 radical (unpaired) electrons. The van der Waals surface area contributed by atoms with E-state index in [1.165, 1.54) is 19.3 Å². The second kappa shape index (κ2) is 8.96. The molecule has 1 atom stereocenters. The first kappa shape index (κ1) is 17.0. The fourth-order valence-corrected chi connectivity index (χ4v) is 3.35. The van der Waals surface area contributed by atoms with Crippen LogP contribution in [0.4, 0.5) is 4.39 Å². The Hall–Kier alpha value is -1.33. The molecular weight excluding hydrogens is 283 g/mol. The summed E-state index contributed by atoms with van der Waals surface area (Å²) in [6.45, 7) is 1.83. The number of hydrogen-bond acceptors (Lipinski definition) is 2. The highest BCUT2D eigenvalue weighted by Crippen LogP contribution is 2.26. The molecule has 2 fully saturated rings. The average molecular weight is 312 g/mol. The standard InChI is InChI=1S/C16H29FN4O/c1-18-16(19-10-5-9-17)20-14-8-11-21(12-14)15(22)13-6-3-2-4-7-13/h13-14H,2-12H2,1H3,(H2,18,19,20). The van der Waals surface area contributed by atoms with Crippen LogP contribution in [0, 0.1) is 5.92 Å². The number of halogens is 1. The summed E-state index contributed by atoms with van der Waals surface area (Å²) in [5.41, 5.74) is 0. The maximum atomic E-state index is 12.5. The van der Waals surface area contributed by atoms with Crippen LogP contribution in [-0.2, 0) is 4.79 Å². The number of amides is 1. The van der Waals surface area contributed by atoms with Crippen LogP contribution in [0.1, 0.15) is 44.9 Å². The molecule has 1 amide bonds.